The van der Waals surface area contributed by atoms with Crippen molar-refractivity contribution in [3.8, 4) is 0 Å². The van der Waals surface area contributed by atoms with Gasteiger partial charge in [-0.05, 0) is 0 Å². The van der Waals surface area contributed by atoms with Crippen LogP contribution in [-0.4, -0.2) is 16.9 Å². The number of hydrogen-bond donors (Lipinski definition) is 0. The Labute approximate surface area is 67.5 Å². The van der Waals surface area contributed by atoms with Crippen molar-refractivity contribution in [2.24, 2.45) is 0 Å². The van der Waals surface area contributed by atoms with Crippen LogP contribution in [0.25, 0.3) is 0 Å². The van der Waals surface area contributed by atoms with Crippen molar-refractivity contribution in [3.63, 3.8) is 0 Å². The monoisotopic (exact) mass is 224 g/mol. The van der Waals surface area contributed by atoms with E-state index in [4.69, 9.17) is 0 Å². The Hall–Kier alpha value is 1.73. The van der Waals surface area contributed by atoms with Gasteiger partial charge >= 0.3 is 41.9 Å². The molecular formula is C2H6NZr2. The van der Waals surface area contributed by atoms with Crippen LogP contribution in [0.3, 0.4) is 0 Å². The molecular weight excluding hydrogens is 220 g/mol. The Bertz CT molecular complexity index is 12.4. The zero-order valence-electron chi connectivity index (χ0n) is 3.45. The number of hydrogen-bond acceptors (Lipinski definition) is 1. The van der Waals surface area contributed by atoms with E-state index in [9.17, 15) is 0 Å². The van der Waals surface area contributed by atoms with Crippen LogP contribution in [0.1, 0.15) is 0 Å². The summed E-state index contributed by atoms with van der Waals surface area (Å²) in [7, 11) is 4.08. The Balaban J connectivity index is 0. The van der Waals surface area contributed by atoms with Crippen molar-refractivity contribution in [3.05, 3.63) is 0 Å². The summed E-state index contributed by atoms with van der Waals surface area (Å²) < 4.78 is 2.09. The summed E-state index contributed by atoms with van der Waals surface area (Å²) in [6.45, 7) is 0. The molecule has 3 heteroatoms. The number of rotatable bonds is 0. The molecule has 0 radical (unpaired) electrons. The van der Waals surface area contributed by atoms with Gasteiger partial charge in [0.25, 0.3) is 0 Å². The Morgan fingerprint density at radius 1 is 1.40 bits per heavy atom. The van der Waals surface area contributed by atoms with Crippen LogP contribution in [0.5, 0.6) is 0 Å². The molecule has 5 heavy (non-hydrogen) atoms. The predicted molar refractivity (Wildman–Crippen MR) is 13.7 cm³/mol. The minimum absolute atomic E-state index is 0. The average molecular weight is 227 g/mol. The quantitative estimate of drug-likeness (QED) is 0.562. The van der Waals surface area contributed by atoms with Crippen LogP contribution in [-0.2, 0) is 51.2 Å². The molecule has 0 heterocycles. The van der Waals surface area contributed by atoms with Gasteiger partial charge in [-0.15, -0.1) is 0 Å². The predicted octanol–water partition coefficient (Wildman–Crippen LogP) is 0.00730. The van der Waals surface area contributed by atoms with Gasteiger partial charge in [0, 0.05) is 26.2 Å². The van der Waals surface area contributed by atoms with E-state index in [1.807, 2.05) is 14.1 Å². The molecule has 0 aliphatic carbocycles. The number of nitrogens with zero attached hydrogens (tertiary/aromatic N) is 1. The normalized spacial score (nSPS) is 6.80. The van der Waals surface area contributed by atoms with Gasteiger partial charge in [-0.1, -0.05) is 0 Å². The molecule has 0 aromatic carbocycles. The van der Waals surface area contributed by atoms with E-state index in [0.29, 0.717) is 0 Å². The van der Waals surface area contributed by atoms with Gasteiger partial charge in [0.2, 0.25) is 0 Å². The van der Waals surface area contributed by atoms with E-state index in [0.717, 1.165) is 0 Å². The topological polar surface area (TPSA) is 3.24 Å². The zero-order chi connectivity index (χ0) is 3.58. The summed E-state index contributed by atoms with van der Waals surface area (Å²) >= 11 is 1.47. The van der Waals surface area contributed by atoms with E-state index >= 15 is 0 Å². The van der Waals surface area contributed by atoms with E-state index < -0.39 is 0 Å². The van der Waals surface area contributed by atoms with E-state index in [2.05, 4.69) is 2.84 Å². The summed E-state index contributed by atoms with van der Waals surface area (Å²) in [5.74, 6) is 0. The molecule has 0 saturated heterocycles. The maximum absolute atomic E-state index is 2.09. The average Bonchev–Trinajstić information content (AvgIpc) is 0.811. The van der Waals surface area contributed by atoms with Crippen LogP contribution < -0.4 is 0 Å². The molecule has 0 fully saturated rings. The first-order valence-corrected chi connectivity index (χ1v) is 2.22. The molecule has 0 unspecified atom stereocenters. The molecule has 0 aliphatic rings. The van der Waals surface area contributed by atoms with Gasteiger partial charge < -0.3 is 0 Å². The van der Waals surface area contributed by atoms with Crippen LogP contribution in [0.4, 0.5) is 0 Å². The molecule has 0 spiro atoms. The molecule has 0 aromatic heterocycles. The van der Waals surface area contributed by atoms with E-state index in [-0.39, 0.29) is 26.2 Å². The molecule has 0 aromatic rings. The molecule has 0 saturated carbocycles. The Morgan fingerprint density at radius 2 is 1.40 bits per heavy atom. The summed E-state index contributed by atoms with van der Waals surface area (Å²) in [5.41, 5.74) is 0. The van der Waals surface area contributed by atoms with E-state index in [1.54, 1.807) is 0 Å². The molecule has 0 N–H and O–H groups in total. The third-order valence-electron chi connectivity index (χ3n) is 0. The standard InChI is InChI=1S/C2H6N.2Zr/c1-3-2;;/h1-2H3;;/q-1;;+1. The summed E-state index contributed by atoms with van der Waals surface area (Å²) in [5, 5.41) is 0. The third kappa shape index (κ3) is 26.7. The molecule has 1 nitrogen and oxygen atoms in total. The van der Waals surface area contributed by atoms with Gasteiger partial charge in [0.15, 0.2) is 0 Å². The van der Waals surface area contributed by atoms with Crippen molar-refractivity contribution in [2.75, 3.05) is 14.1 Å². The molecule has 27 valence electrons. The first-order valence-electron chi connectivity index (χ1n) is 1.12. The maximum atomic E-state index is 2.09. The van der Waals surface area contributed by atoms with Gasteiger partial charge in [-0.3, -0.25) is 0 Å². The second-order valence-corrected chi connectivity index (χ2v) is 3.09. The van der Waals surface area contributed by atoms with Crippen molar-refractivity contribution < 1.29 is 51.2 Å². The minimum atomic E-state index is 0. The van der Waals surface area contributed by atoms with Crippen molar-refractivity contribution in [1.82, 2.24) is 2.84 Å². The summed E-state index contributed by atoms with van der Waals surface area (Å²) in [6.07, 6.45) is 0. The second-order valence-electron chi connectivity index (χ2n) is 0.894. The Kier molecular flexibility index (Phi) is 11.3. The van der Waals surface area contributed by atoms with E-state index in [1.165, 1.54) is 25.0 Å². The molecule has 0 bridgehead atoms. The first kappa shape index (κ1) is 9.87. The van der Waals surface area contributed by atoms with Crippen molar-refractivity contribution in [1.29, 1.82) is 0 Å². The summed E-state index contributed by atoms with van der Waals surface area (Å²) in [4.78, 5) is 0. The van der Waals surface area contributed by atoms with Gasteiger partial charge in [-0.2, -0.15) is 0 Å². The minimum Gasteiger partial charge on any atom is 0 e. The first-order chi connectivity index (χ1) is 1.73. The summed E-state index contributed by atoms with van der Waals surface area (Å²) in [6, 6.07) is 0. The maximum Gasteiger partial charge on any atom is 0 e. The van der Waals surface area contributed by atoms with Crippen LogP contribution in [0, 0.1) is 0 Å². The SMILES string of the molecule is C[N](C)[Zr].[Zr]. The molecule has 0 aliphatic heterocycles. The van der Waals surface area contributed by atoms with Gasteiger partial charge in [-0.25, -0.2) is 0 Å². The van der Waals surface area contributed by atoms with Crippen molar-refractivity contribution in [2.45, 2.75) is 0 Å². The van der Waals surface area contributed by atoms with Crippen LogP contribution in [0.2, 0.25) is 0 Å². The molecule has 0 amide bonds. The fraction of sp³-hybridized carbons (Fsp3) is 1.00. The molecule has 0 rings (SSSR count). The van der Waals surface area contributed by atoms with Crippen LogP contribution in [0.15, 0.2) is 0 Å². The largest absolute Gasteiger partial charge is 0 e. The van der Waals surface area contributed by atoms with Crippen LogP contribution >= 0.6 is 0 Å². The smallest absolute Gasteiger partial charge is 0 e. The fourth-order valence-corrected chi connectivity index (χ4v) is 0. The fourth-order valence-electron chi connectivity index (χ4n) is 0. The van der Waals surface area contributed by atoms with Gasteiger partial charge in [0.05, 0.1) is 0 Å². The van der Waals surface area contributed by atoms with Gasteiger partial charge in [0.1, 0.15) is 0 Å². The second kappa shape index (κ2) is 5.73. The third-order valence-corrected chi connectivity index (χ3v) is 0. The molecule has 0 atom stereocenters. The zero-order valence-corrected chi connectivity index (χ0v) is 8.36. The van der Waals surface area contributed by atoms with Crippen molar-refractivity contribution >= 4 is 0 Å². The Morgan fingerprint density at radius 3 is 1.40 bits per heavy atom.